The molecule has 0 unspecified atom stereocenters. The molecule has 2 rings (SSSR count). The molecular formula is C12H8BrNaS. The third kappa shape index (κ3) is 3.30. The summed E-state index contributed by atoms with van der Waals surface area (Å²) >= 11 is 8.56. The van der Waals surface area contributed by atoms with Crippen LogP contribution in [0.3, 0.4) is 0 Å². The van der Waals surface area contributed by atoms with Crippen LogP contribution in [0.1, 0.15) is 0 Å². The molecule has 0 spiro atoms. The molecule has 0 N–H and O–H groups in total. The van der Waals surface area contributed by atoms with E-state index in [4.69, 9.17) is 12.6 Å². The summed E-state index contributed by atoms with van der Waals surface area (Å²) in [5, 5.41) is 0. The maximum Gasteiger partial charge on any atom is 1.00 e. The first-order chi connectivity index (χ1) is 6.77. The molecule has 0 saturated heterocycles. The monoisotopic (exact) mass is 286 g/mol. The molecule has 0 aliphatic heterocycles. The molecule has 2 aromatic rings. The van der Waals surface area contributed by atoms with Crippen molar-refractivity contribution in [2.24, 2.45) is 0 Å². The molecule has 0 saturated carbocycles. The molecule has 0 nitrogen and oxygen atoms in total. The van der Waals surface area contributed by atoms with Crippen LogP contribution < -0.4 is 29.6 Å². The zero-order chi connectivity index (χ0) is 9.97. The van der Waals surface area contributed by atoms with Crippen molar-refractivity contribution in [3.63, 3.8) is 0 Å². The Hall–Kier alpha value is 0.140. The van der Waals surface area contributed by atoms with Gasteiger partial charge in [-0.1, -0.05) is 58.4 Å². The molecule has 0 aliphatic carbocycles. The summed E-state index contributed by atoms with van der Waals surface area (Å²) in [5.41, 5.74) is 2.40. The van der Waals surface area contributed by atoms with Gasteiger partial charge in [0.2, 0.25) is 0 Å². The van der Waals surface area contributed by atoms with Crippen LogP contribution in [-0.4, -0.2) is 0 Å². The van der Waals surface area contributed by atoms with Gasteiger partial charge < -0.3 is 12.6 Å². The smallest absolute Gasteiger partial charge is 0.779 e. The second-order valence-corrected chi connectivity index (χ2v) is 4.31. The van der Waals surface area contributed by atoms with Crippen LogP contribution in [0.5, 0.6) is 0 Å². The van der Waals surface area contributed by atoms with Crippen molar-refractivity contribution < 1.29 is 29.6 Å². The number of benzene rings is 2. The quantitative estimate of drug-likeness (QED) is 0.557. The van der Waals surface area contributed by atoms with Gasteiger partial charge in [-0.2, -0.15) is 4.90 Å². The number of hydrogen-bond donors (Lipinski definition) is 0. The van der Waals surface area contributed by atoms with Crippen molar-refractivity contribution in [1.29, 1.82) is 0 Å². The summed E-state index contributed by atoms with van der Waals surface area (Å²) < 4.78 is 0.980. The average molecular weight is 287 g/mol. The largest absolute Gasteiger partial charge is 1.00 e. The minimum atomic E-state index is 0. The second kappa shape index (κ2) is 6.02. The summed E-state index contributed by atoms with van der Waals surface area (Å²) in [6.07, 6.45) is 0. The van der Waals surface area contributed by atoms with Crippen molar-refractivity contribution in [2.75, 3.05) is 0 Å². The van der Waals surface area contributed by atoms with Gasteiger partial charge in [0.25, 0.3) is 0 Å². The van der Waals surface area contributed by atoms with Crippen LogP contribution in [0.2, 0.25) is 0 Å². The Morgan fingerprint density at radius 2 is 1.53 bits per heavy atom. The molecule has 70 valence electrons. The molecule has 2 aromatic carbocycles. The molecule has 0 aliphatic rings. The molecule has 15 heavy (non-hydrogen) atoms. The van der Waals surface area contributed by atoms with Crippen molar-refractivity contribution in [3.8, 4) is 11.1 Å². The van der Waals surface area contributed by atoms with E-state index in [-0.39, 0.29) is 29.6 Å². The third-order valence-electron chi connectivity index (χ3n) is 2.04. The molecule has 0 atom stereocenters. The molecule has 0 amide bonds. The van der Waals surface area contributed by atoms with E-state index in [1.54, 1.807) is 0 Å². The van der Waals surface area contributed by atoms with Gasteiger partial charge in [0.15, 0.2) is 0 Å². The van der Waals surface area contributed by atoms with E-state index in [1.165, 1.54) is 11.1 Å². The van der Waals surface area contributed by atoms with Gasteiger partial charge in [-0.25, -0.2) is 0 Å². The van der Waals surface area contributed by atoms with E-state index in [2.05, 4.69) is 34.1 Å². The van der Waals surface area contributed by atoms with Crippen LogP contribution in [0.4, 0.5) is 0 Å². The summed E-state index contributed by atoms with van der Waals surface area (Å²) in [6, 6.07) is 16.3. The topological polar surface area (TPSA) is 0 Å². The van der Waals surface area contributed by atoms with Crippen molar-refractivity contribution in [1.82, 2.24) is 0 Å². The molecule has 0 radical (unpaired) electrons. The number of halogens is 1. The molecule has 0 fully saturated rings. The van der Waals surface area contributed by atoms with Crippen molar-refractivity contribution >= 4 is 28.6 Å². The first-order valence-electron chi connectivity index (χ1n) is 4.29. The summed E-state index contributed by atoms with van der Waals surface area (Å²) in [5.74, 6) is 0. The molecule has 0 bridgehead atoms. The van der Waals surface area contributed by atoms with E-state index in [1.807, 2.05) is 30.3 Å². The predicted molar refractivity (Wildman–Crippen MR) is 65.2 cm³/mol. The first kappa shape index (κ1) is 13.2. The summed E-state index contributed by atoms with van der Waals surface area (Å²) in [6.45, 7) is 0. The van der Waals surface area contributed by atoms with Gasteiger partial charge in [0.1, 0.15) is 0 Å². The van der Waals surface area contributed by atoms with Gasteiger partial charge in [-0.15, -0.1) is 0 Å². The molecule has 0 aromatic heterocycles. The van der Waals surface area contributed by atoms with Gasteiger partial charge in [-0.05, 0) is 21.7 Å². The third-order valence-corrected chi connectivity index (χ3v) is 3.31. The Balaban J connectivity index is 0.00000112. The van der Waals surface area contributed by atoms with Gasteiger partial charge in [-0.3, -0.25) is 0 Å². The Morgan fingerprint density at radius 3 is 2.13 bits per heavy atom. The van der Waals surface area contributed by atoms with E-state index in [9.17, 15) is 0 Å². The Bertz CT molecular complexity index is 443. The maximum absolute atomic E-state index is 5.12. The van der Waals surface area contributed by atoms with Gasteiger partial charge >= 0.3 is 29.6 Å². The van der Waals surface area contributed by atoms with E-state index >= 15 is 0 Å². The predicted octanol–water partition coefficient (Wildman–Crippen LogP) is 1.03. The van der Waals surface area contributed by atoms with Crippen LogP contribution in [0.25, 0.3) is 11.1 Å². The SMILES string of the molecule is [Na+].[S-]c1ccc(-c2ccccc2)cc1Br. The molecule has 3 heteroatoms. The zero-order valence-corrected chi connectivity index (χ0v) is 12.8. The van der Waals surface area contributed by atoms with E-state index in [0.717, 1.165) is 9.37 Å². The standard InChI is InChI=1S/C12H9BrS.Na/c13-11-8-10(6-7-12(11)14)9-4-2-1-3-5-9;/h1-8,14H;/q;+1/p-1. The Labute approximate surface area is 126 Å². The summed E-state index contributed by atoms with van der Waals surface area (Å²) in [7, 11) is 0. The van der Waals surface area contributed by atoms with Gasteiger partial charge in [0, 0.05) is 0 Å². The van der Waals surface area contributed by atoms with Crippen molar-refractivity contribution in [3.05, 3.63) is 53.0 Å². The van der Waals surface area contributed by atoms with Crippen molar-refractivity contribution in [2.45, 2.75) is 4.90 Å². The number of rotatable bonds is 1. The normalized spacial score (nSPS) is 9.40. The van der Waals surface area contributed by atoms with Crippen LogP contribution in [0.15, 0.2) is 57.9 Å². The Kier molecular flexibility index (Phi) is 5.30. The summed E-state index contributed by atoms with van der Waals surface area (Å²) in [4.78, 5) is 0.852. The Morgan fingerprint density at radius 1 is 0.867 bits per heavy atom. The maximum atomic E-state index is 5.12. The molecule has 0 heterocycles. The first-order valence-corrected chi connectivity index (χ1v) is 5.49. The average Bonchev–Trinajstić information content (AvgIpc) is 2.23. The van der Waals surface area contributed by atoms with Gasteiger partial charge in [0.05, 0.1) is 0 Å². The van der Waals surface area contributed by atoms with Crippen LogP contribution in [0, 0.1) is 0 Å². The fraction of sp³-hybridized carbons (Fsp3) is 0. The van der Waals surface area contributed by atoms with Crippen LogP contribution >= 0.6 is 15.9 Å². The fourth-order valence-corrected chi connectivity index (χ4v) is 1.82. The zero-order valence-electron chi connectivity index (χ0n) is 8.41. The fourth-order valence-electron chi connectivity index (χ4n) is 1.31. The van der Waals surface area contributed by atoms with Crippen LogP contribution in [-0.2, 0) is 12.6 Å². The minimum absolute atomic E-state index is 0. The number of hydrogen-bond acceptors (Lipinski definition) is 1. The van der Waals surface area contributed by atoms with E-state index in [0.29, 0.717) is 0 Å². The molecular weight excluding hydrogens is 279 g/mol. The van der Waals surface area contributed by atoms with E-state index < -0.39 is 0 Å². The minimum Gasteiger partial charge on any atom is -0.779 e. The second-order valence-electron chi connectivity index (χ2n) is 3.01.